The minimum Gasteiger partial charge on any atom is -0.445 e. The van der Waals surface area contributed by atoms with Gasteiger partial charge in [-0.2, -0.15) is 18.3 Å². The molecule has 8 nitrogen and oxygen atoms in total. The van der Waals surface area contributed by atoms with Gasteiger partial charge in [-0.1, -0.05) is 30.3 Å². The zero-order chi connectivity index (χ0) is 23.6. The van der Waals surface area contributed by atoms with Crippen LogP contribution in [0.15, 0.2) is 42.5 Å². The molecule has 1 aliphatic rings. The predicted octanol–water partition coefficient (Wildman–Crippen LogP) is 3.30. The van der Waals surface area contributed by atoms with Gasteiger partial charge < -0.3 is 15.0 Å². The van der Waals surface area contributed by atoms with Gasteiger partial charge in [-0.3, -0.25) is 4.79 Å². The maximum atomic E-state index is 13.4. The van der Waals surface area contributed by atoms with Crippen molar-refractivity contribution < 1.29 is 27.5 Å². The Balaban J connectivity index is 1.34. The summed E-state index contributed by atoms with van der Waals surface area (Å²) < 4.78 is 46.0. The van der Waals surface area contributed by atoms with E-state index in [-0.39, 0.29) is 36.3 Å². The number of aryl methyl sites for hydroxylation is 1. The van der Waals surface area contributed by atoms with E-state index in [1.807, 2.05) is 30.3 Å². The van der Waals surface area contributed by atoms with Gasteiger partial charge in [-0.25, -0.2) is 14.3 Å². The van der Waals surface area contributed by atoms with E-state index in [1.165, 1.54) is 13.0 Å². The predicted molar refractivity (Wildman–Crippen MR) is 111 cm³/mol. The maximum absolute atomic E-state index is 13.4. The molecule has 3 heterocycles. The summed E-state index contributed by atoms with van der Waals surface area (Å²) in [7, 11) is 0. The summed E-state index contributed by atoms with van der Waals surface area (Å²) in [6.45, 7) is 2.06. The van der Waals surface area contributed by atoms with Crippen molar-refractivity contribution >= 4 is 17.6 Å². The first-order chi connectivity index (χ1) is 15.7. The van der Waals surface area contributed by atoms with Crippen molar-refractivity contribution in [3.05, 3.63) is 65.1 Å². The zero-order valence-electron chi connectivity index (χ0n) is 17.8. The highest BCUT2D eigenvalue weighted by Gasteiger charge is 2.36. The van der Waals surface area contributed by atoms with Crippen LogP contribution in [0.2, 0.25) is 0 Å². The fraction of sp³-hybridized carbons (Fsp3) is 0.364. The number of alkyl carbamates (subject to hydrolysis) is 1. The number of nitrogens with zero attached hydrogens (tertiary/aromatic N) is 4. The van der Waals surface area contributed by atoms with E-state index in [2.05, 4.69) is 15.4 Å². The molecule has 33 heavy (non-hydrogen) atoms. The summed E-state index contributed by atoms with van der Waals surface area (Å²) in [5.74, 6) is -0.523. The molecule has 3 aromatic rings. The van der Waals surface area contributed by atoms with Crippen LogP contribution >= 0.6 is 0 Å². The van der Waals surface area contributed by atoms with Crippen molar-refractivity contribution in [2.75, 3.05) is 19.6 Å². The number of likely N-dealkylation sites (tertiary alicyclic amines) is 1. The number of amides is 2. The van der Waals surface area contributed by atoms with Crippen molar-refractivity contribution in [3.63, 3.8) is 0 Å². The second-order valence-corrected chi connectivity index (χ2v) is 7.86. The van der Waals surface area contributed by atoms with Gasteiger partial charge in [0.1, 0.15) is 18.8 Å². The number of alkyl halides is 3. The SMILES string of the molecule is Cc1cc(C(F)(F)F)n2nc([C@H]3CCN(C(=O)CNC(=O)OCc4ccccc4)C3)cc2n1. The van der Waals surface area contributed by atoms with Gasteiger partial charge in [0.05, 0.1) is 5.69 Å². The maximum Gasteiger partial charge on any atom is 0.433 e. The second-order valence-electron chi connectivity index (χ2n) is 7.86. The van der Waals surface area contributed by atoms with Crippen LogP contribution in [-0.4, -0.2) is 51.1 Å². The van der Waals surface area contributed by atoms with Crippen LogP contribution < -0.4 is 5.32 Å². The molecule has 1 aromatic carbocycles. The van der Waals surface area contributed by atoms with Gasteiger partial charge in [0.25, 0.3) is 0 Å². The normalized spacial score (nSPS) is 16.2. The lowest BCUT2D eigenvalue weighted by atomic mass is 10.1. The number of carbonyl (C=O) groups is 2. The number of ether oxygens (including phenoxy) is 1. The molecule has 1 N–H and O–H groups in total. The molecule has 0 spiro atoms. The Bertz CT molecular complexity index is 1160. The van der Waals surface area contributed by atoms with Crippen LogP contribution in [0.5, 0.6) is 0 Å². The number of carbonyl (C=O) groups excluding carboxylic acids is 2. The highest BCUT2D eigenvalue weighted by molar-refractivity contribution is 5.82. The van der Waals surface area contributed by atoms with E-state index in [0.717, 1.165) is 16.1 Å². The lowest BCUT2D eigenvalue weighted by Crippen LogP contribution is -2.39. The summed E-state index contributed by atoms with van der Waals surface area (Å²) in [6.07, 6.45) is -4.72. The van der Waals surface area contributed by atoms with Crippen molar-refractivity contribution in [2.24, 2.45) is 0 Å². The van der Waals surface area contributed by atoms with Gasteiger partial charge in [0, 0.05) is 30.8 Å². The molecular formula is C22H22F3N5O3. The molecular weight excluding hydrogens is 439 g/mol. The molecule has 4 rings (SSSR count). The summed E-state index contributed by atoms with van der Waals surface area (Å²) >= 11 is 0. The topological polar surface area (TPSA) is 88.8 Å². The average Bonchev–Trinajstić information content (AvgIpc) is 3.42. The van der Waals surface area contributed by atoms with Crippen molar-refractivity contribution in [2.45, 2.75) is 32.0 Å². The number of fused-ring (bicyclic) bond motifs is 1. The molecule has 0 radical (unpaired) electrons. The van der Waals surface area contributed by atoms with Crippen molar-refractivity contribution in [1.82, 2.24) is 24.8 Å². The van der Waals surface area contributed by atoms with Crippen molar-refractivity contribution in [1.29, 1.82) is 0 Å². The van der Waals surface area contributed by atoms with Crippen molar-refractivity contribution in [3.8, 4) is 0 Å². The molecule has 0 unspecified atom stereocenters. The van der Waals surface area contributed by atoms with Crippen LogP contribution in [0.3, 0.4) is 0 Å². The van der Waals surface area contributed by atoms with E-state index in [1.54, 1.807) is 4.90 Å². The number of benzene rings is 1. The van der Waals surface area contributed by atoms with Gasteiger partial charge in [-0.05, 0) is 25.0 Å². The molecule has 174 valence electrons. The minimum absolute atomic E-state index is 0.0912. The molecule has 1 aliphatic heterocycles. The number of rotatable bonds is 5. The first kappa shape index (κ1) is 22.6. The van der Waals surface area contributed by atoms with Gasteiger partial charge in [0.2, 0.25) is 5.91 Å². The Morgan fingerprint density at radius 1 is 1.21 bits per heavy atom. The Morgan fingerprint density at radius 3 is 2.70 bits per heavy atom. The molecule has 0 saturated carbocycles. The summed E-state index contributed by atoms with van der Waals surface area (Å²) in [5.41, 5.74) is 0.747. The zero-order valence-corrected chi connectivity index (χ0v) is 17.8. The van der Waals surface area contributed by atoms with Gasteiger partial charge >= 0.3 is 12.3 Å². The fourth-order valence-electron chi connectivity index (χ4n) is 3.78. The lowest BCUT2D eigenvalue weighted by molar-refractivity contribution is -0.142. The second kappa shape index (κ2) is 9.08. The summed E-state index contributed by atoms with van der Waals surface area (Å²) in [6, 6.07) is 11.6. The first-order valence-corrected chi connectivity index (χ1v) is 10.4. The Kier molecular flexibility index (Phi) is 6.21. The summed E-state index contributed by atoms with van der Waals surface area (Å²) in [5, 5.41) is 6.56. The molecule has 1 atom stereocenters. The smallest absolute Gasteiger partial charge is 0.433 e. The Hall–Kier alpha value is -3.63. The number of hydrogen-bond donors (Lipinski definition) is 1. The minimum atomic E-state index is -4.56. The molecule has 1 saturated heterocycles. The standard InChI is InChI=1S/C22H22F3N5O3/c1-14-9-18(22(23,24)25)30-19(27-14)10-17(28-30)16-7-8-29(12-16)20(31)11-26-21(32)33-13-15-5-3-2-4-6-15/h2-6,9-10,16H,7-8,11-13H2,1H3,(H,26,32)/t16-/m0/s1. The number of halogens is 3. The van der Waals surface area contributed by atoms with Crippen LogP contribution in [0.25, 0.3) is 5.65 Å². The van der Waals surface area contributed by atoms with Crippen LogP contribution in [-0.2, 0) is 22.3 Å². The lowest BCUT2D eigenvalue weighted by Gasteiger charge is -2.16. The highest BCUT2D eigenvalue weighted by atomic mass is 19.4. The molecule has 0 bridgehead atoms. The monoisotopic (exact) mass is 461 g/mol. The molecule has 2 aromatic heterocycles. The molecule has 2 amide bonds. The van der Waals surface area contributed by atoms with E-state index in [9.17, 15) is 22.8 Å². The largest absolute Gasteiger partial charge is 0.445 e. The van der Waals surface area contributed by atoms with Gasteiger partial charge in [0.15, 0.2) is 5.65 Å². The number of aromatic nitrogens is 3. The molecule has 0 aliphatic carbocycles. The molecule has 1 fully saturated rings. The Morgan fingerprint density at radius 2 is 1.97 bits per heavy atom. The average molecular weight is 461 g/mol. The third-order valence-corrected chi connectivity index (χ3v) is 5.42. The third-order valence-electron chi connectivity index (χ3n) is 5.42. The third kappa shape index (κ3) is 5.24. The van der Waals surface area contributed by atoms with Crippen LogP contribution in [0.1, 0.15) is 35.0 Å². The Labute approximate surface area is 187 Å². The first-order valence-electron chi connectivity index (χ1n) is 10.4. The number of nitrogens with one attached hydrogen (secondary N) is 1. The van der Waals surface area contributed by atoms with Gasteiger partial charge in [-0.15, -0.1) is 0 Å². The van der Waals surface area contributed by atoms with E-state index < -0.39 is 18.0 Å². The van der Waals surface area contributed by atoms with E-state index in [0.29, 0.717) is 25.2 Å². The van der Waals surface area contributed by atoms with Crippen LogP contribution in [0.4, 0.5) is 18.0 Å². The van der Waals surface area contributed by atoms with E-state index >= 15 is 0 Å². The summed E-state index contributed by atoms with van der Waals surface area (Å²) in [4.78, 5) is 30.0. The highest BCUT2D eigenvalue weighted by Crippen LogP contribution is 2.32. The molecule has 11 heteroatoms. The van der Waals surface area contributed by atoms with Crippen LogP contribution in [0, 0.1) is 6.92 Å². The fourth-order valence-corrected chi connectivity index (χ4v) is 3.78. The quantitative estimate of drug-likeness (QED) is 0.630. The number of hydrogen-bond acceptors (Lipinski definition) is 5. The van der Waals surface area contributed by atoms with E-state index in [4.69, 9.17) is 4.74 Å².